The SMILES string of the molecule is CCC(C)NC(=O)c1cccc(NC(=O)c2cccc(OC(C)C)c2)c1. The lowest BCUT2D eigenvalue weighted by atomic mass is 10.1. The summed E-state index contributed by atoms with van der Waals surface area (Å²) in [4.78, 5) is 24.7. The highest BCUT2D eigenvalue weighted by Crippen LogP contribution is 2.17. The molecule has 1 atom stereocenters. The van der Waals surface area contributed by atoms with Gasteiger partial charge in [-0.3, -0.25) is 9.59 Å². The van der Waals surface area contributed by atoms with E-state index < -0.39 is 0 Å². The summed E-state index contributed by atoms with van der Waals surface area (Å²) >= 11 is 0. The standard InChI is InChI=1S/C21H26N2O3/c1-5-15(4)22-20(24)16-8-6-10-18(12-16)23-21(25)17-9-7-11-19(13-17)26-14(2)3/h6-15H,5H2,1-4H3,(H,22,24)(H,23,25). The summed E-state index contributed by atoms with van der Waals surface area (Å²) < 4.78 is 5.62. The van der Waals surface area contributed by atoms with Crippen LogP contribution in [-0.4, -0.2) is 24.0 Å². The summed E-state index contributed by atoms with van der Waals surface area (Å²) in [6, 6.07) is 14.0. The Morgan fingerprint density at radius 1 is 0.962 bits per heavy atom. The average Bonchev–Trinajstić information content (AvgIpc) is 2.61. The fraction of sp³-hybridized carbons (Fsp3) is 0.333. The molecule has 0 aromatic heterocycles. The third-order valence-electron chi connectivity index (χ3n) is 3.84. The van der Waals surface area contributed by atoms with Crippen LogP contribution < -0.4 is 15.4 Å². The Morgan fingerprint density at radius 3 is 2.27 bits per heavy atom. The highest BCUT2D eigenvalue weighted by molar-refractivity contribution is 6.05. The van der Waals surface area contributed by atoms with Crippen LogP contribution in [0.3, 0.4) is 0 Å². The molecule has 0 fully saturated rings. The van der Waals surface area contributed by atoms with Crippen molar-refractivity contribution in [1.82, 2.24) is 5.32 Å². The lowest BCUT2D eigenvalue weighted by Gasteiger charge is -2.13. The van der Waals surface area contributed by atoms with Crippen molar-refractivity contribution in [2.45, 2.75) is 46.3 Å². The number of benzene rings is 2. The first kappa shape index (κ1) is 19.5. The molecule has 0 bridgehead atoms. The molecule has 5 heteroatoms. The van der Waals surface area contributed by atoms with Crippen LogP contribution >= 0.6 is 0 Å². The molecule has 5 nitrogen and oxygen atoms in total. The number of amides is 2. The van der Waals surface area contributed by atoms with Gasteiger partial charge in [-0.2, -0.15) is 0 Å². The van der Waals surface area contributed by atoms with Crippen molar-refractivity contribution < 1.29 is 14.3 Å². The molecule has 2 aromatic rings. The van der Waals surface area contributed by atoms with Crippen LogP contribution in [0.5, 0.6) is 5.75 Å². The molecule has 0 aliphatic heterocycles. The molecule has 2 rings (SSSR count). The number of hydrogen-bond donors (Lipinski definition) is 2. The van der Waals surface area contributed by atoms with Crippen molar-refractivity contribution in [2.75, 3.05) is 5.32 Å². The highest BCUT2D eigenvalue weighted by Gasteiger charge is 2.11. The van der Waals surface area contributed by atoms with Crippen LogP contribution in [0.1, 0.15) is 54.8 Å². The predicted molar refractivity (Wildman–Crippen MR) is 104 cm³/mol. The Kier molecular flexibility index (Phi) is 6.78. The second-order valence-electron chi connectivity index (χ2n) is 6.51. The van der Waals surface area contributed by atoms with Gasteiger partial charge in [0.1, 0.15) is 5.75 Å². The van der Waals surface area contributed by atoms with Crippen LogP contribution in [0.25, 0.3) is 0 Å². The molecule has 0 aliphatic carbocycles. The maximum Gasteiger partial charge on any atom is 0.255 e. The minimum atomic E-state index is -0.251. The van der Waals surface area contributed by atoms with Gasteiger partial charge in [0.05, 0.1) is 6.10 Å². The van der Waals surface area contributed by atoms with E-state index in [1.807, 2.05) is 33.8 Å². The molecule has 2 aromatic carbocycles. The van der Waals surface area contributed by atoms with Crippen molar-refractivity contribution in [2.24, 2.45) is 0 Å². The molecule has 26 heavy (non-hydrogen) atoms. The van der Waals surface area contributed by atoms with Gasteiger partial charge in [0.15, 0.2) is 0 Å². The second kappa shape index (κ2) is 9.04. The Bertz CT molecular complexity index is 771. The van der Waals surface area contributed by atoms with E-state index in [0.717, 1.165) is 6.42 Å². The van der Waals surface area contributed by atoms with Gasteiger partial charge in [0, 0.05) is 22.9 Å². The topological polar surface area (TPSA) is 67.4 Å². The molecule has 0 radical (unpaired) electrons. The van der Waals surface area contributed by atoms with Crippen LogP contribution in [0.4, 0.5) is 5.69 Å². The zero-order chi connectivity index (χ0) is 19.1. The van der Waals surface area contributed by atoms with Gasteiger partial charge in [-0.1, -0.05) is 19.1 Å². The highest BCUT2D eigenvalue weighted by atomic mass is 16.5. The minimum absolute atomic E-state index is 0.0361. The maximum absolute atomic E-state index is 12.5. The van der Waals surface area contributed by atoms with Gasteiger partial charge in [-0.15, -0.1) is 0 Å². The second-order valence-corrected chi connectivity index (χ2v) is 6.51. The van der Waals surface area contributed by atoms with Crippen molar-refractivity contribution in [3.63, 3.8) is 0 Å². The number of rotatable bonds is 7. The summed E-state index contributed by atoms with van der Waals surface area (Å²) in [5, 5.41) is 5.74. The van der Waals surface area contributed by atoms with Gasteiger partial charge in [-0.25, -0.2) is 0 Å². The molecule has 0 spiro atoms. The lowest BCUT2D eigenvalue weighted by molar-refractivity contribution is 0.0938. The molecular formula is C21H26N2O3. The first-order chi connectivity index (χ1) is 12.4. The van der Waals surface area contributed by atoms with Gasteiger partial charge < -0.3 is 15.4 Å². The van der Waals surface area contributed by atoms with Crippen molar-refractivity contribution in [3.8, 4) is 5.75 Å². The summed E-state index contributed by atoms with van der Waals surface area (Å²) in [6.45, 7) is 7.83. The number of nitrogens with one attached hydrogen (secondary N) is 2. The molecular weight excluding hydrogens is 328 g/mol. The quantitative estimate of drug-likeness (QED) is 0.781. The zero-order valence-electron chi connectivity index (χ0n) is 15.7. The van der Waals surface area contributed by atoms with Gasteiger partial charge in [0.25, 0.3) is 11.8 Å². The van der Waals surface area contributed by atoms with Crippen LogP contribution in [0, 0.1) is 0 Å². The number of carbonyl (C=O) groups excluding carboxylic acids is 2. The Morgan fingerprint density at radius 2 is 1.62 bits per heavy atom. The van der Waals surface area contributed by atoms with Crippen LogP contribution in [0.15, 0.2) is 48.5 Å². The van der Waals surface area contributed by atoms with Crippen LogP contribution in [0.2, 0.25) is 0 Å². The summed E-state index contributed by atoms with van der Waals surface area (Å²) in [7, 11) is 0. The molecule has 0 aliphatic rings. The van der Waals surface area contributed by atoms with Gasteiger partial charge in [0.2, 0.25) is 0 Å². The largest absolute Gasteiger partial charge is 0.491 e. The van der Waals surface area contributed by atoms with Gasteiger partial charge >= 0.3 is 0 Å². The molecule has 138 valence electrons. The van der Waals surface area contributed by atoms with Crippen molar-refractivity contribution >= 4 is 17.5 Å². The fourth-order valence-electron chi connectivity index (χ4n) is 2.33. The first-order valence-corrected chi connectivity index (χ1v) is 8.88. The van der Waals surface area contributed by atoms with E-state index in [2.05, 4.69) is 10.6 Å². The summed E-state index contributed by atoms with van der Waals surface area (Å²) in [5.74, 6) is 0.246. The molecule has 0 saturated heterocycles. The van der Waals surface area contributed by atoms with Crippen molar-refractivity contribution in [1.29, 1.82) is 0 Å². The van der Waals surface area contributed by atoms with E-state index in [0.29, 0.717) is 22.6 Å². The summed E-state index contributed by atoms with van der Waals surface area (Å²) in [6.07, 6.45) is 0.894. The third kappa shape index (κ3) is 5.62. The summed E-state index contributed by atoms with van der Waals surface area (Å²) in [5.41, 5.74) is 1.58. The van der Waals surface area contributed by atoms with Gasteiger partial charge in [-0.05, 0) is 63.6 Å². The molecule has 0 heterocycles. The molecule has 1 unspecified atom stereocenters. The maximum atomic E-state index is 12.5. The number of ether oxygens (including phenoxy) is 1. The fourth-order valence-corrected chi connectivity index (χ4v) is 2.33. The van der Waals surface area contributed by atoms with E-state index >= 15 is 0 Å². The number of hydrogen-bond acceptors (Lipinski definition) is 3. The zero-order valence-corrected chi connectivity index (χ0v) is 15.7. The Labute approximate surface area is 154 Å². The number of anilines is 1. The predicted octanol–water partition coefficient (Wildman–Crippen LogP) is 4.25. The van der Waals surface area contributed by atoms with E-state index in [9.17, 15) is 9.59 Å². The van der Waals surface area contributed by atoms with Crippen molar-refractivity contribution in [3.05, 3.63) is 59.7 Å². The molecule has 2 N–H and O–H groups in total. The molecule has 0 saturated carbocycles. The van der Waals surface area contributed by atoms with E-state index in [-0.39, 0.29) is 24.0 Å². The molecule has 2 amide bonds. The van der Waals surface area contributed by atoms with E-state index in [4.69, 9.17) is 4.74 Å². The third-order valence-corrected chi connectivity index (χ3v) is 3.84. The minimum Gasteiger partial charge on any atom is -0.491 e. The van der Waals surface area contributed by atoms with E-state index in [1.54, 1.807) is 42.5 Å². The Hall–Kier alpha value is -2.82. The van der Waals surface area contributed by atoms with E-state index in [1.165, 1.54) is 0 Å². The Balaban J connectivity index is 2.10. The smallest absolute Gasteiger partial charge is 0.255 e. The number of carbonyl (C=O) groups is 2. The first-order valence-electron chi connectivity index (χ1n) is 8.88. The lowest BCUT2D eigenvalue weighted by Crippen LogP contribution is -2.31. The monoisotopic (exact) mass is 354 g/mol. The normalized spacial score (nSPS) is 11.7. The average molecular weight is 354 g/mol. The van der Waals surface area contributed by atoms with Crippen LogP contribution in [-0.2, 0) is 0 Å².